The van der Waals surface area contributed by atoms with Gasteiger partial charge in [-0.1, -0.05) is 36.4 Å². The fourth-order valence-electron chi connectivity index (χ4n) is 0.986. The molecule has 0 spiro atoms. The monoisotopic (exact) mass is 192 g/mol. The fourth-order valence-corrected chi connectivity index (χ4v) is 0.986. The summed E-state index contributed by atoms with van der Waals surface area (Å²) in [4.78, 5) is 0. The van der Waals surface area contributed by atoms with Crippen LogP contribution in [0.2, 0.25) is 0 Å². The van der Waals surface area contributed by atoms with Crippen LogP contribution in [-0.4, -0.2) is 12.6 Å². The minimum Gasteiger partial charge on any atom is -0.328 e. The summed E-state index contributed by atoms with van der Waals surface area (Å²) in [5.74, 6) is 0. The first-order chi connectivity index (χ1) is 6.70. The first-order valence-corrected chi connectivity index (χ1v) is 4.81. The molecule has 2 heteroatoms. The molecule has 2 nitrogen and oxygen atoms in total. The molecular weight excluding hydrogens is 172 g/mol. The average Bonchev–Trinajstić information content (AvgIpc) is 2.19. The summed E-state index contributed by atoms with van der Waals surface area (Å²) >= 11 is 0. The third-order valence-electron chi connectivity index (χ3n) is 1.57. The van der Waals surface area contributed by atoms with Crippen LogP contribution in [0.15, 0.2) is 43.0 Å². The van der Waals surface area contributed by atoms with E-state index in [1.54, 1.807) is 6.08 Å². The molecule has 0 aliphatic carbocycles. The van der Waals surface area contributed by atoms with E-state index in [4.69, 9.17) is 11.5 Å². The van der Waals surface area contributed by atoms with Gasteiger partial charge in [0.1, 0.15) is 0 Å². The second kappa shape index (κ2) is 8.48. The molecule has 0 fully saturated rings. The van der Waals surface area contributed by atoms with Gasteiger partial charge in [-0.15, -0.1) is 6.58 Å². The van der Waals surface area contributed by atoms with Crippen molar-refractivity contribution in [2.45, 2.75) is 19.4 Å². The molecule has 4 N–H and O–H groups in total. The highest BCUT2D eigenvalue weighted by atomic mass is 14.6. The molecule has 0 heterocycles. The van der Waals surface area contributed by atoms with Crippen LogP contribution in [0.3, 0.4) is 0 Å². The van der Waals surface area contributed by atoms with E-state index in [-0.39, 0.29) is 6.04 Å². The van der Waals surface area contributed by atoms with Crippen LogP contribution in [0.25, 0.3) is 0 Å². The van der Waals surface area contributed by atoms with Crippen molar-refractivity contribution in [1.82, 2.24) is 0 Å². The van der Waals surface area contributed by atoms with E-state index in [1.165, 1.54) is 5.56 Å². The Bertz CT molecular complexity index is 229. The lowest BCUT2D eigenvalue weighted by molar-refractivity contribution is 0.738. The van der Waals surface area contributed by atoms with Crippen molar-refractivity contribution in [1.29, 1.82) is 0 Å². The molecule has 0 saturated carbocycles. The van der Waals surface area contributed by atoms with Crippen LogP contribution < -0.4 is 11.5 Å². The van der Waals surface area contributed by atoms with E-state index < -0.39 is 0 Å². The van der Waals surface area contributed by atoms with Crippen molar-refractivity contribution in [3.63, 3.8) is 0 Å². The van der Waals surface area contributed by atoms with Gasteiger partial charge < -0.3 is 11.5 Å². The Morgan fingerprint density at radius 2 is 1.86 bits per heavy atom. The summed E-state index contributed by atoms with van der Waals surface area (Å²) in [5.41, 5.74) is 11.9. The van der Waals surface area contributed by atoms with Crippen molar-refractivity contribution in [3.05, 3.63) is 48.6 Å². The van der Waals surface area contributed by atoms with Crippen LogP contribution in [-0.2, 0) is 6.42 Å². The smallest absolute Gasteiger partial charge is 0.0104 e. The maximum absolute atomic E-state index is 5.62. The number of nitrogens with two attached hydrogens (primary N) is 2. The molecule has 0 aliphatic heterocycles. The largest absolute Gasteiger partial charge is 0.328 e. The average molecular weight is 192 g/mol. The molecule has 1 atom stereocenters. The Labute approximate surface area is 86.6 Å². The van der Waals surface area contributed by atoms with Gasteiger partial charge in [-0.2, -0.15) is 0 Å². The SMILES string of the molecule is C=CCN.CC(N)Cc1ccccc1. The summed E-state index contributed by atoms with van der Waals surface area (Å²) in [6.07, 6.45) is 2.63. The lowest BCUT2D eigenvalue weighted by Crippen LogP contribution is -2.17. The second-order valence-corrected chi connectivity index (χ2v) is 3.19. The Morgan fingerprint density at radius 1 is 1.36 bits per heavy atom. The third kappa shape index (κ3) is 7.53. The highest BCUT2D eigenvalue weighted by Crippen LogP contribution is 2.00. The first-order valence-electron chi connectivity index (χ1n) is 4.81. The van der Waals surface area contributed by atoms with Gasteiger partial charge in [-0.05, 0) is 18.9 Å². The third-order valence-corrected chi connectivity index (χ3v) is 1.57. The minimum absolute atomic E-state index is 0.266. The molecule has 1 rings (SSSR count). The van der Waals surface area contributed by atoms with Gasteiger partial charge in [0, 0.05) is 12.6 Å². The quantitative estimate of drug-likeness (QED) is 0.716. The zero-order chi connectivity index (χ0) is 10.8. The summed E-state index contributed by atoms with van der Waals surface area (Å²) in [7, 11) is 0. The zero-order valence-electron chi connectivity index (χ0n) is 8.82. The lowest BCUT2D eigenvalue weighted by atomic mass is 10.1. The van der Waals surface area contributed by atoms with Gasteiger partial charge in [0.15, 0.2) is 0 Å². The van der Waals surface area contributed by atoms with E-state index >= 15 is 0 Å². The van der Waals surface area contributed by atoms with E-state index in [1.807, 2.05) is 25.1 Å². The predicted octanol–water partition coefficient (Wildman–Crippen LogP) is 1.71. The first kappa shape index (κ1) is 12.9. The molecule has 0 aliphatic rings. The van der Waals surface area contributed by atoms with E-state index in [2.05, 4.69) is 18.7 Å². The molecule has 0 amide bonds. The maximum Gasteiger partial charge on any atom is 0.0104 e. The zero-order valence-corrected chi connectivity index (χ0v) is 8.82. The fraction of sp³-hybridized carbons (Fsp3) is 0.333. The summed E-state index contributed by atoms with van der Waals surface area (Å²) in [6.45, 7) is 5.96. The molecule has 0 aromatic heterocycles. The highest BCUT2D eigenvalue weighted by Gasteiger charge is 1.94. The highest BCUT2D eigenvalue weighted by molar-refractivity contribution is 5.15. The van der Waals surface area contributed by atoms with Crippen molar-refractivity contribution in [2.75, 3.05) is 6.54 Å². The number of hydrogen-bond acceptors (Lipinski definition) is 2. The maximum atomic E-state index is 5.62. The van der Waals surface area contributed by atoms with Gasteiger partial charge in [-0.25, -0.2) is 0 Å². The predicted molar refractivity (Wildman–Crippen MR) is 63.0 cm³/mol. The molecule has 1 unspecified atom stereocenters. The Kier molecular flexibility index (Phi) is 7.80. The molecule has 0 bridgehead atoms. The van der Waals surface area contributed by atoms with Gasteiger partial charge in [0.2, 0.25) is 0 Å². The van der Waals surface area contributed by atoms with Crippen molar-refractivity contribution in [3.8, 4) is 0 Å². The molecule has 14 heavy (non-hydrogen) atoms. The Hall–Kier alpha value is -1.12. The van der Waals surface area contributed by atoms with Gasteiger partial charge in [0.05, 0.1) is 0 Å². The second-order valence-electron chi connectivity index (χ2n) is 3.19. The van der Waals surface area contributed by atoms with Crippen LogP contribution in [0, 0.1) is 0 Å². The molecule has 1 aromatic carbocycles. The molecular formula is C12H20N2. The van der Waals surface area contributed by atoms with Crippen molar-refractivity contribution in [2.24, 2.45) is 11.5 Å². The van der Waals surface area contributed by atoms with Crippen LogP contribution in [0.1, 0.15) is 12.5 Å². The summed E-state index contributed by atoms with van der Waals surface area (Å²) in [5, 5.41) is 0. The lowest BCUT2D eigenvalue weighted by Gasteiger charge is -2.02. The van der Waals surface area contributed by atoms with Crippen LogP contribution in [0.5, 0.6) is 0 Å². The number of rotatable bonds is 3. The van der Waals surface area contributed by atoms with Gasteiger partial charge in [-0.3, -0.25) is 0 Å². The van der Waals surface area contributed by atoms with Crippen LogP contribution in [0.4, 0.5) is 0 Å². The summed E-state index contributed by atoms with van der Waals surface area (Å²) < 4.78 is 0. The Morgan fingerprint density at radius 3 is 2.21 bits per heavy atom. The number of benzene rings is 1. The molecule has 0 saturated heterocycles. The molecule has 0 radical (unpaired) electrons. The number of hydrogen-bond donors (Lipinski definition) is 2. The van der Waals surface area contributed by atoms with E-state index in [0.29, 0.717) is 6.54 Å². The molecule has 1 aromatic rings. The van der Waals surface area contributed by atoms with Gasteiger partial charge >= 0.3 is 0 Å². The van der Waals surface area contributed by atoms with Gasteiger partial charge in [0.25, 0.3) is 0 Å². The van der Waals surface area contributed by atoms with Crippen molar-refractivity contribution < 1.29 is 0 Å². The van der Waals surface area contributed by atoms with E-state index in [9.17, 15) is 0 Å². The summed E-state index contributed by atoms with van der Waals surface area (Å²) in [6, 6.07) is 10.6. The van der Waals surface area contributed by atoms with Crippen molar-refractivity contribution >= 4 is 0 Å². The Balaban J connectivity index is 0.000000364. The van der Waals surface area contributed by atoms with E-state index in [0.717, 1.165) is 6.42 Å². The minimum atomic E-state index is 0.266. The standard InChI is InChI=1S/C9H13N.C3H7N/c1-8(10)7-9-5-3-2-4-6-9;1-2-3-4/h2-6,8H,7,10H2,1H3;2H,1,3-4H2. The topological polar surface area (TPSA) is 52.0 Å². The normalized spacial score (nSPS) is 11.1. The molecule has 78 valence electrons. The van der Waals surface area contributed by atoms with Crippen LogP contribution >= 0.6 is 0 Å².